The van der Waals surface area contributed by atoms with E-state index < -0.39 is 0 Å². The Morgan fingerprint density at radius 3 is 3.00 bits per heavy atom. The second kappa shape index (κ2) is 5.59. The van der Waals surface area contributed by atoms with Crippen LogP contribution in [0.15, 0.2) is 30.5 Å². The number of hydrogen-bond acceptors (Lipinski definition) is 4. The smallest absolute Gasteiger partial charge is 0.0950 e. The highest BCUT2D eigenvalue weighted by atomic mass is 16.5. The number of fused-ring (bicyclic) bond motifs is 1. The van der Waals surface area contributed by atoms with Gasteiger partial charge in [-0.05, 0) is 19.9 Å². The van der Waals surface area contributed by atoms with Crippen molar-refractivity contribution in [2.24, 2.45) is 0 Å². The second-order valence-corrected chi connectivity index (χ2v) is 3.98. The second-order valence-electron chi connectivity index (χ2n) is 3.98. The highest BCUT2D eigenvalue weighted by Crippen LogP contribution is 2.20. The van der Waals surface area contributed by atoms with Crippen molar-refractivity contribution in [3.63, 3.8) is 0 Å². The zero-order chi connectivity index (χ0) is 12.1. The molecule has 1 heterocycles. The van der Waals surface area contributed by atoms with Crippen LogP contribution in [0, 0.1) is 0 Å². The third-order valence-corrected chi connectivity index (χ3v) is 2.52. The first kappa shape index (κ1) is 11.8. The number of anilines is 1. The zero-order valence-corrected chi connectivity index (χ0v) is 10.2. The number of nitrogens with zero attached hydrogens (tertiary/aromatic N) is 2. The van der Waals surface area contributed by atoms with Crippen LogP contribution in [0.1, 0.15) is 13.8 Å². The molecule has 0 saturated carbocycles. The van der Waals surface area contributed by atoms with Crippen LogP contribution in [0.3, 0.4) is 0 Å². The summed E-state index contributed by atoms with van der Waals surface area (Å²) in [4.78, 5) is 0. The van der Waals surface area contributed by atoms with E-state index >= 15 is 0 Å². The van der Waals surface area contributed by atoms with Crippen LogP contribution >= 0.6 is 0 Å². The monoisotopic (exact) mass is 231 g/mol. The van der Waals surface area contributed by atoms with E-state index in [1.807, 2.05) is 31.2 Å². The summed E-state index contributed by atoms with van der Waals surface area (Å²) in [7, 11) is 0. The Kier molecular flexibility index (Phi) is 3.88. The Balaban J connectivity index is 2.18. The van der Waals surface area contributed by atoms with Crippen molar-refractivity contribution in [1.29, 1.82) is 0 Å². The fourth-order valence-electron chi connectivity index (χ4n) is 1.72. The SMILES string of the molecule is CCOCC(C)Nc1cnnc2ccccc12. The molecule has 4 heteroatoms. The first-order chi connectivity index (χ1) is 8.31. The summed E-state index contributed by atoms with van der Waals surface area (Å²) in [6, 6.07) is 8.22. The Bertz CT molecular complexity index is 482. The van der Waals surface area contributed by atoms with Gasteiger partial charge in [-0.25, -0.2) is 0 Å². The summed E-state index contributed by atoms with van der Waals surface area (Å²) in [5.41, 5.74) is 1.91. The van der Waals surface area contributed by atoms with Gasteiger partial charge in [-0.15, -0.1) is 0 Å². The number of nitrogens with one attached hydrogen (secondary N) is 1. The van der Waals surface area contributed by atoms with Crippen molar-refractivity contribution in [2.75, 3.05) is 18.5 Å². The van der Waals surface area contributed by atoms with Crippen LogP contribution in [0.5, 0.6) is 0 Å². The van der Waals surface area contributed by atoms with E-state index in [1.54, 1.807) is 6.20 Å². The maximum Gasteiger partial charge on any atom is 0.0950 e. The predicted molar refractivity (Wildman–Crippen MR) is 69.1 cm³/mol. The topological polar surface area (TPSA) is 47.0 Å². The Labute approximate surface area is 101 Å². The molecule has 1 atom stereocenters. The quantitative estimate of drug-likeness (QED) is 0.858. The largest absolute Gasteiger partial charge is 0.380 e. The summed E-state index contributed by atoms with van der Waals surface area (Å²) in [5, 5.41) is 12.6. The van der Waals surface area contributed by atoms with E-state index in [-0.39, 0.29) is 6.04 Å². The molecule has 0 fully saturated rings. The molecule has 1 aromatic carbocycles. The summed E-state index contributed by atoms with van der Waals surface area (Å²) in [5.74, 6) is 0. The van der Waals surface area contributed by atoms with Gasteiger partial charge in [-0.3, -0.25) is 0 Å². The molecule has 2 rings (SSSR count). The molecule has 0 saturated heterocycles. The van der Waals surface area contributed by atoms with Gasteiger partial charge in [0.15, 0.2) is 0 Å². The summed E-state index contributed by atoms with van der Waals surface area (Å²) < 4.78 is 5.38. The van der Waals surface area contributed by atoms with Gasteiger partial charge in [0.2, 0.25) is 0 Å². The fourth-order valence-corrected chi connectivity index (χ4v) is 1.72. The van der Waals surface area contributed by atoms with Gasteiger partial charge in [-0.1, -0.05) is 18.2 Å². The minimum absolute atomic E-state index is 0.252. The number of ether oxygens (including phenoxy) is 1. The zero-order valence-electron chi connectivity index (χ0n) is 10.2. The van der Waals surface area contributed by atoms with Crippen LogP contribution in [-0.2, 0) is 4.74 Å². The molecule has 0 bridgehead atoms. The number of rotatable bonds is 5. The van der Waals surface area contributed by atoms with Crippen molar-refractivity contribution in [1.82, 2.24) is 10.2 Å². The molecule has 1 unspecified atom stereocenters. The molecule has 90 valence electrons. The van der Waals surface area contributed by atoms with E-state index in [2.05, 4.69) is 22.4 Å². The average molecular weight is 231 g/mol. The van der Waals surface area contributed by atoms with Crippen LogP contribution in [0.4, 0.5) is 5.69 Å². The Morgan fingerprint density at radius 2 is 2.18 bits per heavy atom. The van der Waals surface area contributed by atoms with Gasteiger partial charge < -0.3 is 10.1 Å². The lowest BCUT2D eigenvalue weighted by atomic mass is 10.2. The first-order valence-electron chi connectivity index (χ1n) is 5.86. The van der Waals surface area contributed by atoms with Crippen molar-refractivity contribution in [3.05, 3.63) is 30.5 Å². The fraction of sp³-hybridized carbons (Fsp3) is 0.385. The van der Waals surface area contributed by atoms with E-state index in [4.69, 9.17) is 4.74 Å². The molecule has 2 aromatic rings. The minimum atomic E-state index is 0.252. The number of aromatic nitrogens is 2. The van der Waals surface area contributed by atoms with Gasteiger partial charge in [0.05, 0.1) is 24.0 Å². The molecule has 0 amide bonds. The maximum absolute atomic E-state index is 5.38. The van der Waals surface area contributed by atoms with Crippen LogP contribution in [0.25, 0.3) is 10.9 Å². The number of benzene rings is 1. The molecular weight excluding hydrogens is 214 g/mol. The van der Waals surface area contributed by atoms with Gasteiger partial charge in [0, 0.05) is 18.0 Å². The lowest BCUT2D eigenvalue weighted by Crippen LogP contribution is -2.22. The predicted octanol–water partition coefficient (Wildman–Crippen LogP) is 2.47. The van der Waals surface area contributed by atoms with E-state index in [0.717, 1.165) is 23.2 Å². The van der Waals surface area contributed by atoms with Crippen molar-refractivity contribution in [2.45, 2.75) is 19.9 Å². The van der Waals surface area contributed by atoms with Crippen molar-refractivity contribution in [3.8, 4) is 0 Å². The molecule has 4 nitrogen and oxygen atoms in total. The Morgan fingerprint density at radius 1 is 1.35 bits per heavy atom. The molecule has 0 spiro atoms. The minimum Gasteiger partial charge on any atom is -0.380 e. The molecule has 1 aromatic heterocycles. The maximum atomic E-state index is 5.38. The summed E-state index contributed by atoms with van der Waals surface area (Å²) in [6.07, 6.45) is 1.75. The normalized spacial score (nSPS) is 12.6. The molecule has 0 radical (unpaired) electrons. The van der Waals surface area contributed by atoms with Gasteiger partial charge >= 0.3 is 0 Å². The molecule has 1 N–H and O–H groups in total. The van der Waals surface area contributed by atoms with Crippen LogP contribution in [-0.4, -0.2) is 29.5 Å². The Hall–Kier alpha value is -1.68. The van der Waals surface area contributed by atoms with Gasteiger partial charge in [0.25, 0.3) is 0 Å². The lowest BCUT2D eigenvalue weighted by molar-refractivity contribution is 0.141. The average Bonchev–Trinajstić information content (AvgIpc) is 2.37. The molecule has 0 aliphatic heterocycles. The highest BCUT2D eigenvalue weighted by Gasteiger charge is 2.06. The van der Waals surface area contributed by atoms with E-state index in [0.29, 0.717) is 6.61 Å². The van der Waals surface area contributed by atoms with Crippen molar-refractivity contribution >= 4 is 16.6 Å². The molecule has 0 aliphatic rings. The van der Waals surface area contributed by atoms with Crippen LogP contribution < -0.4 is 5.32 Å². The summed E-state index contributed by atoms with van der Waals surface area (Å²) >= 11 is 0. The van der Waals surface area contributed by atoms with E-state index in [9.17, 15) is 0 Å². The third-order valence-electron chi connectivity index (χ3n) is 2.52. The third kappa shape index (κ3) is 2.91. The summed E-state index contributed by atoms with van der Waals surface area (Å²) in [6.45, 7) is 5.51. The highest BCUT2D eigenvalue weighted by molar-refractivity contribution is 5.90. The van der Waals surface area contributed by atoms with Crippen LogP contribution in [0.2, 0.25) is 0 Å². The van der Waals surface area contributed by atoms with Crippen molar-refractivity contribution < 1.29 is 4.74 Å². The first-order valence-corrected chi connectivity index (χ1v) is 5.86. The standard InChI is InChI=1S/C13H17N3O/c1-3-17-9-10(2)15-13-8-14-16-12-7-5-4-6-11(12)13/h4-8,10H,3,9H2,1-2H3,(H,15,16). The molecule has 17 heavy (non-hydrogen) atoms. The molecular formula is C13H17N3O. The van der Waals surface area contributed by atoms with Gasteiger partial charge in [0.1, 0.15) is 0 Å². The van der Waals surface area contributed by atoms with E-state index in [1.165, 1.54) is 0 Å². The van der Waals surface area contributed by atoms with Gasteiger partial charge in [-0.2, -0.15) is 10.2 Å². The lowest BCUT2D eigenvalue weighted by Gasteiger charge is -2.15. The number of hydrogen-bond donors (Lipinski definition) is 1. The molecule has 0 aliphatic carbocycles.